The highest BCUT2D eigenvalue weighted by Crippen LogP contribution is 2.25. The Kier molecular flexibility index (Phi) is 4.11. The van der Waals surface area contributed by atoms with Crippen LogP contribution in [-0.2, 0) is 0 Å². The Morgan fingerprint density at radius 1 is 1.08 bits per heavy atom. The monoisotopic (exact) mass is 174 g/mol. The van der Waals surface area contributed by atoms with Crippen LogP contribution in [0.25, 0.3) is 0 Å². The van der Waals surface area contributed by atoms with Crippen LogP contribution in [0.3, 0.4) is 0 Å². The van der Waals surface area contributed by atoms with Gasteiger partial charge in [-0.05, 0) is 0 Å². The minimum atomic E-state index is -4.33. The van der Waals surface area contributed by atoms with E-state index in [9.17, 15) is 13.2 Å². The van der Waals surface area contributed by atoms with Crippen LogP contribution in [0.5, 0.6) is 0 Å². The van der Waals surface area contributed by atoms with Crippen LogP contribution >= 0.6 is 0 Å². The molecule has 0 N–H and O–H groups in total. The van der Waals surface area contributed by atoms with Crippen LogP contribution in [0, 0.1) is 0 Å². The van der Waals surface area contributed by atoms with Crippen molar-refractivity contribution in [2.75, 3.05) is 0 Å². The summed E-state index contributed by atoms with van der Waals surface area (Å²) >= 11 is 0. The summed E-state index contributed by atoms with van der Waals surface area (Å²) in [4.78, 5) is 0. The topological polar surface area (TPSA) is 0 Å². The SMILES string of the molecule is C=C/C=C/C=C(\C=C)C(F)(F)F. The van der Waals surface area contributed by atoms with Gasteiger partial charge in [0.2, 0.25) is 0 Å². The number of alkyl halides is 3. The summed E-state index contributed by atoms with van der Waals surface area (Å²) in [5.74, 6) is 0. The zero-order valence-electron chi connectivity index (χ0n) is 6.43. The molecule has 0 saturated heterocycles. The molecular formula is C9H9F3. The van der Waals surface area contributed by atoms with Gasteiger partial charge in [-0.2, -0.15) is 13.2 Å². The van der Waals surface area contributed by atoms with Gasteiger partial charge >= 0.3 is 6.18 Å². The van der Waals surface area contributed by atoms with Gasteiger partial charge in [0.1, 0.15) is 0 Å². The number of allylic oxidation sites excluding steroid dienone is 6. The minimum absolute atomic E-state index is 0.763. The second-order valence-corrected chi connectivity index (χ2v) is 1.94. The van der Waals surface area contributed by atoms with Crippen molar-refractivity contribution in [3.63, 3.8) is 0 Å². The summed E-state index contributed by atoms with van der Waals surface area (Å²) < 4.78 is 35.8. The number of hydrogen-bond donors (Lipinski definition) is 0. The van der Waals surface area contributed by atoms with Crippen LogP contribution in [0.15, 0.2) is 49.1 Å². The highest BCUT2D eigenvalue weighted by Gasteiger charge is 2.30. The zero-order valence-corrected chi connectivity index (χ0v) is 6.43. The van der Waals surface area contributed by atoms with Crippen molar-refractivity contribution < 1.29 is 13.2 Å². The molecule has 0 rings (SSSR count). The molecule has 0 aliphatic heterocycles. The third-order valence-corrected chi connectivity index (χ3v) is 1.07. The first-order valence-electron chi connectivity index (χ1n) is 3.21. The minimum Gasteiger partial charge on any atom is -0.166 e. The number of rotatable bonds is 3. The van der Waals surface area contributed by atoms with E-state index in [1.165, 1.54) is 18.2 Å². The molecule has 0 spiro atoms. The van der Waals surface area contributed by atoms with Crippen LogP contribution in [0.1, 0.15) is 0 Å². The van der Waals surface area contributed by atoms with Gasteiger partial charge in [0.05, 0.1) is 5.57 Å². The Morgan fingerprint density at radius 2 is 1.67 bits per heavy atom. The lowest BCUT2D eigenvalue weighted by Gasteiger charge is -2.04. The van der Waals surface area contributed by atoms with Gasteiger partial charge in [0.15, 0.2) is 0 Å². The Labute approximate surface area is 69.4 Å². The van der Waals surface area contributed by atoms with E-state index in [1.807, 2.05) is 0 Å². The molecule has 0 bridgehead atoms. The molecule has 0 amide bonds. The fraction of sp³-hybridized carbons (Fsp3) is 0.111. The van der Waals surface area contributed by atoms with E-state index >= 15 is 0 Å². The van der Waals surface area contributed by atoms with Crippen molar-refractivity contribution in [1.82, 2.24) is 0 Å². The second-order valence-electron chi connectivity index (χ2n) is 1.94. The van der Waals surface area contributed by atoms with E-state index < -0.39 is 11.7 Å². The molecular weight excluding hydrogens is 165 g/mol. The fourth-order valence-corrected chi connectivity index (χ4v) is 0.516. The quantitative estimate of drug-likeness (QED) is 0.575. The molecule has 0 aromatic rings. The molecule has 0 aromatic heterocycles. The predicted octanol–water partition coefficient (Wildman–Crippen LogP) is 3.40. The highest BCUT2D eigenvalue weighted by atomic mass is 19.4. The van der Waals surface area contributed by atoms with Crippen LogP contribution in [0.2, 0.25) is 0 Å². The van der Waals surface area contributed by atoms with Crippen molar-refractivity contribution in [2.45, 2.75) is 6.18 Å². The maximum atomic E-state index is 11.9. The Bertz CT molecular complexity index is 218. The van der Waals surface area contributed by atoms with E-state index in [1.54, 1.807) is 0 Å². The molecule has 0 fully saturated rings. The van der Waals surface area contributed by atoms with E-state index in [2.05, 4.69) is 13.2 Å². The van der Waals surface area contributed by atoms with E-state index in [0.717, 1.165) is 12.2 Å². The van der Waals surface area contributed by atoms with Crippen molar-refractivity contribution in [1.29, 1.82) is 0 Å². The summed E-state index contributed by atoms with van der Waals surface area (Å²) in [7, 11) is 0. The Balaban J connectivity index is 4.55. The number of hydrogen-bond acceptors (Lipinski definition) is 0. The average molecular weight is 174 g/mol. The molecule has 3 heteroatoms. The van der Waals surface area contributed by atoms with Crippen molar-refractivity contribution >= 4 is 0 Å². The summed E-state index contributed by atoms with van der Waals surface area (Å²) in [6.07, 6.45) is 1.45. The van der Waals surface area contributed by atoms with Gasteiger partial charge in [-0.15, -0.1) is 0 Å². The predicted molar refractivity (Wildman–Crippen MR) is 43.7 cm³/mol. The molecule has 66 valence electrons. The first-order valence-corrected chi connectivity index (χ1v) is 3.21. The molecule has 0 aliphatic carbocycles. The van der Waals surface area contributed by atoms with E-state index in [4.69, 9.17) is 0 Å². The maximum Gasteiger partial charge on any atom is 0.416 e. The normalized spacial score (nSPS) is 13.4. The third kappa shape index (κ3) is 3.81. The van der Waals surface area contributed by atoms with E-state index in [-0.39, 0.29) is 0 Å². The molecule has 0 aliphatic rings. The first-order chi connectivity index (χ1) is 5.52. The van der Waals surface area contributed by atoms with Gasteiger partial charge in [-0.3, -0.25) is 0 Å². The first kappa shape index (κ1) is 10.8. The number of halogens is 3. The lowest BCUT2D eigenvalue weighted by Crippen LogP contribution is -2.09. The van der Waals surface area contributed by atoms with Crippen molar-refractivity contribution in [3.8, 4) is 0 Å². The summed E-state index contributed by atoms with van der Waals surface area (Å²) in [5.41, 5.74) is -0.763. The largest absolute Gasteiger partial charge is 0.416 e. The highest BCUT2D eigenvalue weighted by molar-refractivity contribution is 5.27. The summed E-state index contributed by atoms with van der Waals surface area (Å²) in [5, 5.41) is 0. The van der Waals surface area contributed by atoms with Gasteiger partial charge in [-0.25, -0.2) is 0 Å². The van der Waals surface area contributed by atoms with Crippen LogP contribution in [-0.4, -0.2) is 6.18 Å². The Hall–Kier alpha value is -1.25. The molecule has 0 saturated carbocycles. The standard InChI is InChI=1S/C9H9F3/c1-3-5-6-7-8(4-2)9(10,11)12/h3-7H,1-2H2/b6-5+,8-7+. The second kappa shape index (κ2) is 4.59. The molecule has 0 nitrogen and oxygen atoms in total. The van der Waals surface area contributed by atoms with Gasteiger partial charge < -0.3 is 0 Å². The molecule has 12 heavy (non-hydrogen) atoms. The average Bonchev–Trinajstić information content (AvgIpc) is 1.95. The molecule has 0 unspecified atom stereocenters. The van der Waals surface area contributed by atoms with Crippen molar-refractivity contribution in [2.24, 2.45) is 0 Å². The zero-order chi connectivity index (χ0) is 9.61. The third-order valence-electron chi connectivity index (χ3n) is 1.07. The van der Waals surface area contributed by atoms with Crippen LogP contribution < -0.4 is 0 Å². The summed E-state index contributed by atoms with van der Waals surface area (Å²) in [6, 6.07) is 0. The van der Waals surface area contributed by atoms with Gasteiger partial charge in [0.25, 0.3) is 0 Å². The molecule has 0 aromatic carbocycles. The van der Waals surface area contributed by atoms with Gasteiger partial charge in [-0.1, -0.05) is 43.5 Å². The molecule has 0 radical (unpaired) electrons. The van der Waals surface area contributed by atoms with Crippen LogP contribution in [0.4, 0.5) is 13.2 Å². The fourth-order valence-electron chi connectivity index (χ4n) is 0.516. The lowest BCUT2D eigenvalue weighted by atomic mass is 10.2. The molecule has 0 heterocycles. The lowest BCUT2D eigenvalue weighted by molar-refractivity contribution is -0.0881. The van der Waals surface area contributed by atoms with Crippen molar-refractivity contribution in [3.05, 3.63) is 49.1 Å². The molecule has 0 atom stereocenters. The summed E-state index contributed by atoms with van der Waals surface area (Å²) in [6.45, 7) is 6.38. The van der Waals surface area contributed by atoms with Gasteiger partial charge in [0, 0.05) is 0 Å². The smallest absolute Gasteiger partial charge is 0.166 e. The maximum absolute atomic E-state index is 11.9. The van der Waals surface area contributed by atoms with E-state index in [0.29, 0.717) is 0 Å². The Morgan fingerprint density at radius 3 is 2.00 bits per heavy atom.